The van der Waals surface area contributed by atoms with Gasteiger partial charge in [-0.3, -0.25) is 9.59 Å². The lowest BCUT2D eigenvalue weighted by atomic mass is 9.96. The highest BCUT2D eigenvalue weighted by Crippen LogP contribution is 2.19. The van der Waals surface area contributed by atoms with Crippen LogP contribution in [0.1, 0.15) is 41.3 Å². The van der Waals surface area contributed by atoms with Crippen LogP contribution in [0.25, 0.3) is 0 Å². The van der Waals surface area contributed by atoms with Gasteiger partial charge < -0.3 is 10.1 Å². The summed E-state index contributed by atoms with van der Waals surface area (Å²) in [5.41, 5.74) is 2.86. The molecule has 0 fully saturated rings. The second-order valence-electron chi connectivity index (χ2n) is 4.48. The molecule has 98 valence electrons. The van der Waals surface area contributed by atoms with Crippen LogP contribution < -0.4 is 5.32 Å². The quantitative estimate of drug-likeness (QED) is 0.831. The molecule has 0 aliphatic carbocycles. The number of rotatable bonds is 4. The van der Waals surface area contributed by atoms with E-state index in [4.69, 9.17) is 0 Å². The minimum Gasteiger partial charge on any atom is -0.468 e. The highest BCUT2D eigenvalue weighted by molar-refractivity contribution is 5.96. The molecule has 18 heavy (non-hydrogen) atoms. The van der Waals surface area contributed by atoms with Gasteiger partial charge in [-0.15, -0.1) is 0 Å². The van der Waals surface area contributed by atoms with Crippen molar-refractivity contribution in [1.29, 1.82) is 0 Å². The van der Waals surface area contributed by atoms with Gasteiger partial charge in [0, 0.05) is 5.56 Å². The monoisotopic (exact) mass is 249 g/mol. The Kier molecular flexibility index (Phi) is 4.89. The van der Waals surface area contributed by atoms with Gasteiger partial charge in [0.1, 0.15) is 6.54 Å². The molecule has 1 amide bonds. The van der Waals surface area contributed by atoms with Crippen LogP contribution in [0, 0.1) is 6.92 Å². The van der Waals surface area contributed by atoms with Crippen LogP contribution in [-0.2, 0) is 9.53 Å². The first kappa shape index (κ1) is 14.2. The molecule has 1 rings (SSSR count). The number of carbonyl (C=O) groups excluding carboxylic acids is 2. The summed E-state index contributed by atoms with van der Waals surface area (Å²) < 4.78 is 4.46. The molecule has 0 spiro atoms. The molecule has 0 saturated carbocycles. The summed E-state index contributed by atoms with van der Waals surface area (Å²) in [6.07, 6.45) is 0. The van der Waals surface area contributed by atoms with Crippen LogP contribution in [0.5, 0.6) is 0 Å². The predicted molar refractivity (Wildman–Crippen MR) is 69.6 cm³/mol. The molecule has 0 atom stereocenters. The SMILES string of the molecule is COC(=O)CNC(=O)c1ccc(C(C)C)c(C)c1. The van der Waals surface area contributed by atoms with Crippen molar-refractivity contribution >= 4 is 11.9 Å². The molecule has 0 bridgehead atoms. The van der Waals surface area contributed by atoms with Crippen molar-refractivity contribution in [2.45, 2.75) is 26.7 Å². The molecule has 0 heterocycles. The van der Waals surface area contributed by atoms with Gasteiger partial charge in [-0.2, -0.15) is 0 Å². The average molecular weight is 249 g/mol. The van der Waals surface area contributed by atoms with Crippen LogP contribution in [0.2, 0.25) is 0 Å². The Bertz CT molecular complexity index is 452. The molecule has 4 nitrogen and oxygen atoms in total. The van der Waals surface area contributed by atoms with Crippen LogP contribution >= 0.6 is 0 Å². The van der Waals surface area contributed by atoms with Crippen molar-refractivity contribution in [3.8, 4) is 0 Å². The second-order valence-corrected chi connectivity index (χ2v) is 4.48. The van der Waals surface area contributed by atoms with Crippen molar-refractivity contribution in [3.05, 3.63) is 34.9 Å². The number of methoxy groups -OCH3 is 1. The number of carbonyl (C=O) groups is 2. The zero-order chi connectivity index (χ0) is 13.7. The molecule has 1 aromatic carbocycles. The summed E-state index contributed by atoms with van der Waals surface area (Å²) in [7, 11) is 1.29. The molecule has 1 aromatic rings. The van der Waals surface area contributed by atoms with E-state index in [0.717, 1.165) is 5.56 Å². The first-order chi connectivity index (χ1) is 8.45. The Hall–Kier alpha value is -1.84. The molecule has 0 saturated heterocycles. The number of esters is 1. The topological polar surface area (TPSA) is 55.4 Å². The molecular weight excluding hydrogens is 230 g/mol. The fourth-order valence-electron chi connectivity index (χ4n) is 1.79. The van der Waals surface area contributed by atoms with E-state index in [1.54, 1.807) is 6.07 Å². The van der Waals surface area contributed by atoms with Gasteiger partial charge in [0.15, 0.2) is 0 Å². The van der Waals surface area contributed by atoms with Crippen molar-refractivity contribution in [1.82, 2.24) is 5.32 Å². The van der Waals surface area contributed by atoms with Crippen molar-refractivity contribution in [3.63, 3.8) is 0 Å². The van der Waals surface area contributed by atoms with E-state index >= 15 is 0 Å². The summed E-state index contributed by atoms with van der Waals surface area (Å²) in [6.45, 7) is 6.09. The lowest BCUT2D eigenvalue weighted by Crippen LogP contribution is -2.30. The fraction of sp³-hybridized carbons (Fsp3) is 0.429. The highest BCUT2D eigenvalue weighted by Gasteiger charge is 2.10. The third-order valence-corrected chi connectivity index (χ3v) is 2.77. The molecule has 0 aliphatic rings. The summed E-state index contributed by atoms with van der Waals surface area (Å²) in [4.78, 5) is 22.7. The minimum absolute atomic E-state index is 0.111. The predicted octanol–water partition coefficient (Wildman–Crippen LogP) is 2.02. The van der Waals surface area contributed by atoms with Crippen molar-refractivity contribution in [2.24, 2.45) is 0 Å². The summed E-state index contributed by atoms with van der Waals surface area (Å²) in [5.74, 6) is -0.296. The standard InChI is InChI=1S/C14H19NO3/c1-9(2)12-6-5-11(7-10(12)3)14(17)15-8-13(16)18-4/h5-7,9H,8H2,1-4H3,(H,15,17). The number of amides is 1. The minimum atomic E-state index is -0.459. The maximum Gasteiger partial charge on any atom is 0.325 e. The molecule has 0 radical (unpaired) electrons. The van der Waals surface area contributed by atoms with Crippen molar-refractivity contribution in [2.75, 3.05) is 13.7 Å². The fourth-order valence-corrected chi connectivity index (χ4v) is 1.79. The number of hydrogen-bond donors (Lipinski definition) is 1. The molecule has 0 unspecified atom stereocenters. The Labute approximate surface area is 107 Å². The maximum absolute atomic E-state index is 11.8. The Morgan fingerprint density at radius 3 is 2.50 bits per heavy atom. The van der Waals surface area contributed by atoms with Gasteiger partial charge >= 0.3 is 5.97 Å². The summed E-state index contributed by atoms with van der Waals surface area (Å²) >= 11 is 0. The molecule has 1 N–H and O–H groups in total. The van der Waals surface area contributed by atoms with Gasteiger partial charge in [0.2, 0.25) is 0 Å². The number of hydrogen-bond acceptors (Lipinski definition) is 3. The third kappa shape index (κ3) is 3.58. The van der Waals surface area contributed by atoms with E-state index in [9.17, 15) is 9.59 Å². The van der Waals surface area contributed by atoms with Crippen molar-refractivity contribution < 1.29 is 14.3 Å². The Morgan fingerprint density at radius 2 is 2.00 bits per heavy atom. The van der Waals surface area contributed by atoms with E-state index < -0.39 is 5.97 Å². The first-order valence-electron chi connectivity index (χ1n) is 5.91. The number of aryl methyl sites for hydroxylation is 1. The average Bonchev–Trinajstić information content (AvgIpc) is 2.34. The number of nitrogens with one attached hydrogen (secondary N) is 1. The first-order valence-corrected chi connectivity index (χ1v) is 5.91. The van der Waals surface area contributed by atoms with E-state index in [1.165, 1.54) is 12.7 Å². The van der Waals surface area contributed by atoms with Crippen LogP contribution in [0.15, 0.2) is 18.2 Å². The van der Waals surface area contributed by atoms with E-state index in [-0.39, 0.29) is 12.5 Å². The second kappa shape index (κ2) is 6.19. The van der Waals surface area contributed by atoms with Gasteiger partial charge in [-0.25, -0.2) is 0 Å². The Balaban J connectivity index is 2.75. The smallest absolute Gasteiger partial charge is 0.325 e. The summed E-state index contributed by atoms with van der Waals surface area (Å²) in [6, 6.07) is 5.56. The molecule has 0 aliphatic heterocycles. The zero-order valence-electron chi connectivity index (χ0n) is 11.2. The zero-order valence-corrected chi connectivity index (χ0v) is 11.2. The number of benzene rings is 1. The van der Waals surface area contributed by atoms with E-state index in [0.29, 0.717) is 11.5 Å². The largest absolute Gasteiger partial charge is 0.468 e. The summed E-state index contributed by atoms with van der Waals surface area (Å²) in [5, 5.41) is 2.51. The number of ether oxygens (including phenoxy) is 1. The third-order valence-electron chi connectivity index (χ3n) is 2.77. The highest BCUT2D eigenvalue weighted by atomic mass is 16.5. The van der Waals surface area contributed by atoms with Gasteiger partial charge in [0.05, 0.1) is 7.11 Å². The van der Waals surface area contributed by atoms with Gasteiger partial charge in [0.25, 0.3) is 5.91 Å². The lowest BCUT2D eigenvalue weighted by Gasteiger charge is -2.11. The lowest BCUT2D eigenvalue weighted by molar-refractivity contribution is -0.139. The van der Waals surface area contributed by atoms with Crippen LogP contribution in [0.4, 0.5) is 0 Å². The normalized spacial score (nSPS) is 10.3. The van der Waals surface area contributed by atoms with Gasteiger partial charge in [-0.05, 0) is 36.1 Å². The van der Waals surface area contributed by atoms with E-state index in [1.807, 2.05) is 19.1 Å². The molecular formula is C14H19NO3. The maximum atomic E-state index is 11.8. The molecule has 4 heteroatoms. The van der Waals surface area contributed by atoms with Crippen LogP contribution in [-0.4, -0.2) is 25.5 Å². The molecule has 0 aromatic heterocycles. The Morgan fingerprint density at radius 1 is 1.33 bits per heavy atom. The van der Waals surface area contributed by atoms with Gasteiger partial charge in [-0.1, -0.05) is 19.9 Å². The van der Waals surface area contributed by atoms with Crippen LogP contribution in [0.3, 0.4) is 0 Å². The van der Waals surface area contributed by atoms with E-state index in [2.05, 4.69) is 23.9 Å².